The van der Waals surface area contributed by atoms with Crippen molar-refractivity contribution in [3.63, 3.8) is 0 Å². The van der Waals surface area contributed by atoms with Crippen LogP contribution in [0.4, 0.5) is 0 Å². The Hall–Kier alpha value is 0.689. The van der Waals surface area contributed by atoms with E-state index in [1.54, 1.807) is 0 Å². The fourth-order valence-corrected chi connectivity index (χ4v) is 0. The smallest absolute Gasteiger partial charge is 0.0319 e. The summed E-state index contributed by atoms with van der Waals surface area (Å²) in [6, 6.07) is 0. The predicted molar refractivity (Wildman–Crippen MR) is 38.5 cm³/mol. The van der Waals surface area contributed by atoms with Crippen molar-refractivity contribution >= 4 is 12.4 Å². The molecule has 3 N–H and O–H groups in total. The van der Waals surface area contributed by atoms with E-state index in [2.05, 4.69) is 5.32 Å². The molecule has 5 heteroatoms. The zero-order valence-corrected chi connectivity index (χ0v) is 8.08. The number of nitrogens with one attached hydrogen (secondary N) is 1. The number of halogens is 1. The van der Waals surface area contributed by atoms with Crippen molar-refractivity contribution in [2.75, 3.05) is 28.3 Å². The number of aliphatic hydroxyl groups is 2. The predicted octanol–water partition coefficient (Wildman–Crippen LogP) is -0.528. The molecular weight excluding hydrogens is 185 g/mol. The van der Waals surface area contributed by atoms with E-state index in [-0.39, 0.29) is 29.5 Å². The first kappa shape index (κ1) is 33.3. The molecule has 0 spiro atoms. The maximum atomic E-state index is 7.00. The van der Waals surface area contributed by atoms with Gasteiger partial charge >= 0.3 is 0 Å². The number of aliphatic hydroxyl groups excluding tert-OH is 2. The number of rotatable bonds is 0. The van der Waals surface area contributed by atoms with Crippen molar-refractivity contribution in [2.24, 2.45) is 0 Å². The summed E-state index contributed by atoms with van der Waals surface area (Å²) in [7, 11) is 5.75. The van der Waals surface area contributed by atoms with Gasteiger partial charge < -0.3 is 15.5 Å². The van der Waals surface area contributed by atoms with Gasteiger partial charge in [0.25, 0.3) is 0 Å². The van der Waals surface area contributed by atoms with Crippen LogP contribution in [0.5, 0.6) is 0 Å². The Balaban J connectivity index is -0.00000000825. The van der Waals surface area contributed by atoms with Crippen LogP contribution in [0, 0.1) is 0 Å². The second kappa shape index (κ2) is 180. The average Bonchev–Trinajstić information content (AvgIpc) is 1.78. The Morgan fingerprint density at radius 2 is 0.889 bits per heavy atom. The molecule has 64 valence electrons. The van der Waals surface area contributed by atoms with Crippen molar-refractivity contribution in [1.82, 2.24) is 5.32 Å². The van der Waals surface area contributed by atoms with Crippen LogP contribution >= 0.6 is 12.4 Å². The van der Waals surface area contributed by atoms with E-state index in [1.807, 2.05) is 14.1 Å². The minimum Gasteiger partial charge on any atom is -0.400 e. The molecule has 0 heterocycles. The molecule has 0 bridgehead atoms. The summed E-state index contributed by atoms with van der Waals surface area (Å²) in [5, 5.41) is 16.8. The van der Waals surface area contributed by atoms with Crippen LogP contribution in [0.2, 0.25) is 0 Å². The minimum absolute atomic E-state index is 0. The molecule has 0 aliphatic heterocycles. The van der Waals surface area contributed by atoms with Gasteiger partial charge in [-0.25, -0.2) is 0 Å². The monoisotopic (exact) mass is 201 g/mol. The molecule has 0 aromatic carbocycles. The van der Waals surface area contributed by atoms with E-state index in [0.717, 1.165) is 14.2 Å². The summed E-state index contributed by atoms with van der Waals surface area (Å²) in [4.78, 5) is 0. The van der Waals surface area contributed by atoms with Crippen LogP contribution in [0.1, 0.15) is 0 Å². The molecule has 0 atom stereocenters. The van der Waals surface area contributed by atoms with Crippen molar-refractivity contribution in [2.45, 2.75) is 0 Å². The summed E-state index contributed by atoms with van der Waals surface area (Å²) in [5.74, 6) is 0. The van der Waals surface area contributed by atoms with Gasteiger partial charge in [-0.15, -0.1) is 12.4 Å². The van der Waals surface area contributed by atoms with Crippen LogP contribution in [-0.2, 0) is 17.1 Å². The van der Waals surface area contributed by atoms with Crippen molar-refractivity contribution in [1.29, 1.82) is 0 Å². The van der Waals surface area contributed by atoms with E-state index < -0.39 is 0 Å². The molecule has 0 amide bonds. The summed E-state index contributed by atoms with van der Waals surface area (Å²) in [5.41, 5.74) is 0. The van der Waals surface area contributed by atoms with E-state index >= 15 is 0 Å². The maximum absolute atomic E-state index is 7.00. The van der Waals surface area contributed by atoms with Gasteiger partial charge in [-0.1, -0.05) is 0 Å². The van der Waals surface area contributed by atoms with E-state index in [1.165, 1.54) is 0 Å². The van der Waals surface area contributed by atoms with Gasteiger partial charge in [0.1, 0.15) is 0 Å². The summed E-state index contributed by atoms with van der Waals surface area (Å²) in [6.07, 6.45) is 0. The second-order valence-corrected chi connectivity index (χ2v) is 0.500. The Labute approximate surface area is 73.7 Å². The Morgan fingerprint density at radius 1 is 0.889 bits per heavy atom. The van der Waals surface area contributed by atoms with Crippen molar-refractivity contribution in [3.05, 3.63) is 0 Å². The molecule has 0 aromatic heterocycles. The van der Waals surface area contributed by atoms with Crippen LogP contribution in [-0.4, -0.2) is 38.5 Å². The molecule has 0 aliphatic rings. The Kier molecular flexibility index (Phi) is 665. The van der Waals surface area contributed by atoms with Gasteiger partial charge in [-0.05, 0) is 14.1 Å². The van der Waals surface area contributed by atoms with Crippen molar-refractivity contribution in [3.8, 4) is 0 Å². The molecule has 3 nitrogen and oxygen atoms in total. The summed E-state index contributed by atoms with van der Waals surface area (Å²) >= 11 is 0. The molecule has 0 aliphatic carbocycles. The molecule has 0 saturated heterocycles. The molecule has 0 fully saturated rings. The summed E-state index contributed by atoms with van der Waals surface area (Å²) < 4.78 is 0. The fourth-order valence-electron chi connectivity index (χ4n) is 0. The summed E-state index contributed by atoms with van der Waals surface area (Å²) in [6.45, 7) is 0. The standard InChI is InChI=1S/C2H7N.2CH4O.ClH.Fe/c1-3-2;2*1-2;;/h3H,1-2H3;2*2H,1H3;1H;. The Morgan fingerprint density at radius 3 is 0.889 bits per heavy atom. The van der Waals surface area contributed by atoms with E-state index in [4.69, 9.17) is 10.2 Å². The van der Waals surface area contributed by atoms with Gasteiger partial charge in [0.15, 0.2) is 0 Å². The largest absolute Gasteiger partial charge is 0.400 e. The third-order valence-electron chi connectivity index (χ3n) is 0. The van der Waals surface area contributed by atoms with Crippen LogP contribution in [0.25, 0.3) is 0 Å². The number of hydrogen-bond donors (Lipinski definition) is 3. The van der Waals surface area contributed by atoms with Crippen LogP contribution < -0.4 is 5.32 Å². The van der Waals surface area contributed by atoms with Crippen LogP contribution in [0.3, 0.4) is 0 Å². The zero-order chi connectivity index (χ0) is 6.71. The van der Waals surface area contributed by atoms with Gasteiger partial charge in [0.05, 0.1) is 0 Å². The molecule has 0 radical (unpaired) electrons. The average molecular weight is 201 g/mol. The topological polar surface area (TPSA) is 52.5 Å². The molecule has 0 saturated carbocycles. The first-order valence-corrected chi connectivity index (χ1v) is 1.89. The molecule has 0 unspecified atom stereocenters. The van der Waals surface area contributed by atoms with Crippen molar-refractivity contribution < 1.29 is 27.3 Å². The first-order valence-electron chi connectivity index (χ1n) is 1.89. The van der Waals surface area contributed by atoms with E-state index in [9.17, 15) is 0 Å². The third kappa shape index (κ3) is 818. The third-order valence-corrected chi connectivity index (χ3v) is 0. The molecule has 0 rings (SSSR count). The van der Waals surface area contributed by atoms with Gasteiger partial charge in [-0.3, -0.25) is 0 Å². The van der Waals surface area contributed by atoms with Gasteiger partial charge in [0.2, 0.25) is 0 Å². The second-order valence-electron chi connectivity index (χ2n) is 0.500. The van der Waals surface area contributed by atoms with Gasteiger partial charge in [0, 0.05) is 31.3 Å². The van der Waals surface area contributed by atoms with Crippen LogP contribution in [0.15, 0.2) is 0 Å². The Bertz CT molecular complexity index is 18.5. The normalized spacial score (nSPS) is 3.33. The maximum Gasteiger partial charge on any atom is 0.0319 e. The number of hydrogen-bond acceptors (Lipinski definition) is 3. The van der Waals surface area contributed by atoms with Gasteiger partial charge in [-0.2, -0.15) is 0 Å². The molecular formula is C4H16ClFeNO2. The minimum atomic E-state index is 0. The molecule has 0 aromatic rings. The first-order chi connectivity index (χ1) is 3.41. The molecule has 9 heavy (non-hydrogen) atoms. The van der Waals surface area contributed by atoms with E-state index in [0.29, 0.717) is 0 Å². The fraction of sp³-hybridized carbons (Fsp3) is 1.00. The quantitative estimate of drug-likeness (QED) is 0.462. The SMILES string of the molecule is CNC.CO.CO.Cl.[Fe]. The zero-order valence-electron chi connectivity index (χ0n) is 6.16.